The lowest BCUT2D eigenvalue weighted by atomic mass is 10.1. The summed E-state index contributed by atoms with van der Waals surface area (Å²) in [6.07, 6.45) is 2.93. The van der Waals surface area contributed by atoms with Crippen LogP contribution in [0.4, 0.5) is 0 Å². The second-order valence-electron chi connectivity index (χ2n) is 4.88. The second-order valence-corrected chi connectivity index (χ2v) is 4.88. The molecule has 1 saturated heterocycles. The Labute approximate surface area is 110 Å². The summed E-state index contributed by atoms with van der Waals surface area (Å²) in [4.78, 5) is 4.44. The third-order valence-corrected chi connectivity index (χ3v) is 3.59. The first kappa shape index (κ1) is 11.0. The summed E-state index contributed by atoms with van der Waals surface area (Å²) in [5.74, 6) is 2.18. The number of benzene rings is 1. The number of hydrogen-bond acceptors (Lipinski definition) is 5. The average Bonchev–Trinajstić information content (AvgIpc) is 3.18. The Balaban J connectivity index is 1.65. The van der Waals surface area contributed by atoms with Gasteiger partial charge in [-0.15, -0.1) is 0 Å². The van der Waals surface area contributed by atoms with E-state index in [1.54, 1.807) is 0 Å². The van der Waals surface area contributed by atoms with E-state index in [0.717, 1.165) is 43.8 Å². The minimum atomic E-state index is -0.0287. The first-order chi connectivity index (χ1) is 9.40. The predicted molar refractivity (Wildman–Crippen MR) is 66.9 cm³/mol. The summed E-state index contributed by atoms with van der Waals surface area (Å²) >= 11 is 0. The van der Waals surface area contributed by atoms with E-state index in [4.69, 9.17) is 14.0 Å². The molecule has 4 rings (SSSR count). The van der Waals surface area contributed by atoms with E-state index in [2.05, 4.69) is 16.2 Å². The molecule has 5 nitrogen and oxygen atoms in total. The fourth-order valence-corrected chi connectivity index (χ4v) is 2.58. The highest BCUT2D eigenvalue weighted by molar-refractivity contribution is 5.59. The minimum Gasteiger partial charge on any atom is -0.493 e. The minimum absolute atomic E-state index is 0.0287. The van der Waals surface area contributed by atoms with Crippen molar-refractivity contribution >= 4 is 0 Å². The fourth-order valence-electron chi connectivity index (χ4n) is 2.58. The zero-order valence-corrected chi connectivity index (χ0v) is 10.5. The molecule has 0 spiro atoms. The Morgan fingerprint density at radius 1 is 1.21 bits per heavy atom. The van der Waals surface area contributed by atoms with Gasteiger partial charge in [-0.3, -0.25) is 0 Å². The monoisotopic (exact) mass is 258 g/mol. The van der Waals surface area contributed by atoms with Crippen LogP contribution in [0, 0.1) is 0 Å². The molecule has 0 bridgehead atoms. The molecule has 1 atom stereocenters. The molecular formula is C14H14N2O3. The summed E-state index contributed by atoms with van der Waals surface area (Å²) in [5, 5.41) is 4.05. The van der Waals surface area contributed by atoms with Gasteiger partial charge in [-0.1, -0.05) is 5.16 Å². The molecule has 1 aromatic heterocycles. The highest BCUT2D eigenvalue weighted by Crippen LogP contribution is 2.31. The van der Waals surface area contributed by atoms with Gasteiger partial charge in [0.15, 0.2) is 0 Å². The lowest BCUT2D eigenvalue weighted by Gasteiger charge is -2.01. The highest BCUT2D eigenvalue weighted by atomic mass is 16.5. The predicted octanol–water partition coefficient (Wildman–Crippen LogP) is 2.52. The molecule has 5 heteroatoms. The van der Waals surface area contributed by atoms with Crippen molar-refractivity contribution in [2.45, 2.75) is 25.4 Å². The van der Waals surface area contributed by atoms with Gasteiger partial charge in [0.05, 0.1) is 6.61 Å². The summed E-state index contributed by atoms with van der Waals surface area (Å²) < 4.78 is 16.3. The van der Waals surface area contributed by atoms with Crippen LogP contribution in [-0.2, 0) is 11.2 Å². The number of hydrogen-bond donors (Lipinski definition) is 0. The third-order valence-electron chi connectivity index (χ3n) is 3.59. The lowest BCUT2D eigenvalue weighted by molar-refractivity contribution is 0.0835. The van der Waals surface area contributed by atoms with E-state index in [9.17, 15) is 0 Å². The van der Waals surface area contributed by atoms with Gasteiger partial charge < -0.3 is 14.0 Å². The van der Waals surface area contributed by atoms with Crippen LogP contribution >= 0.6 is 0 Å². The van der Waals surface area contributed by atoms with Crippen LogP contribution in [-0.4, -0.2) is 23.4 Å². The average molecular weight is 258 g/mol. The quantitative estimate of drug-likeness (QED) is 0.828. The topological polar surface area (TPSA) is 57.4 Å². The molecule has 1 aromatic carbocycles. The maximum Gasteiger partial charge on any atom is 0.256 e. The molecule has 0 N–H and O–H groups in total. The van der Waals surface area contributed by atoms with Gasteiger partial charge >= 0.3 is 0 Å². The molecule has 0 saturated carbocycles. The van der Waals surface area contributed by atoms with Crippen molar-refractivity contribution < 1.29 is 14.0 Å². The Hall–Kier alpha value is -1.88. The molecular weight excluding hydrogens is 244 g/mol. The van der Waals surface area contributed by atoms with Gasteiger partial charge in [0.25, 0.3) is 5.89 Å². The van der Waals surface area contributed by atoms with Crippen LogP contribution in [0.2, 0.25) is 0 Å². The molecule has 1 unspecified atom stereocenters. The second kappa shape index (κ2) is 4.35. The van der Waals surface area contributed by atoms with E-state index in [0.29, 0.717) is 11.7 Å². The summed E-state index contributed by atoms with van der Waals surface area (Å²) in [6.45, 7) is 1.53. The van der Waals surface area contributed by atoms with Gasteiger partial charge in [-0.25, -0.2) is 0 Å². The van der Waals surface area contributed by atoms with E-state index < -0.39 is 0 Å². The molecule has 2 aliphatic rings. The normalized spacial score (nSPS) is 21.4. The van der Waals surface area contributed by atoms with Gasteiger partial charge in [0.1, 0.15) is 11.9 Å². The maximum atomic E-state index is 5.55. The van der Waals surface area contributed by atoms with Crippen molar-refractivity contribution in [1.82, 2.24) is 10.1 Å². The SMILES string of the molecule is c1cc2c(cc1-c1noc(C3CCCO3)n1)CCO2. The smallest absolute Gasteiger partial charge is 0.256 e. The highest BCUT2D eigenvalue weighted by Gasteiger charge is 2.24. The fraction of sp³-hybridized carbons (Fsp3) is 0.429. The van der Waals surface area contributed by atoms with Gasteiger partial charge in [-0.2, -0.15) is 4.98 Å². The van der Waals surface area contributed by atoms with E-state index in [1.807, 2.05) is 12.1 Å². The van der Waals surface area contributed by atoms with Crippen LogP contribution in [0.25, 0.3) is 11.4 Å². The summed E-state index contributed by atoms with van der Waals surface area (Å²) in [7, 11) is 0. The van der Waals surface area contributed by atoms with E-state index in [-0.39, 0.29) is 6.10 Å². The standard InChI is InChI=1S/C14H14N2O3/c1-2-12(17-6-1)14-15-13(16-19-14)10-3-4-11-9(8-10)5-7-18-11/h3-4,8,12H,1-2,5-7H2. The summed E-state index contributed by atoms with van der Waals surface area (Å²) in [6, 6.07) is 6.01. The number of rotatable bonds is 2. The van der Waals surface area contributed by atoms with Crippen LogP contribution in [0.1, 0.15) is 30.4 Å². The molecule has 0 amide bonds. The molecule has 98 valence electrons. The Morgan fingerprint density at radius 3 is 3.11 bits per heavy atom. The third kappa shape index (κ3) is 1.90. The molecule has 0 radical (unpaired) electrons. The zero-order valence-electron chi connectivity index (χ0n) is 10.5. The van der Waals surface area contributed by atoms with Crippen molar-refractivity contribution in [3.63, 3.8) is 0 Å². The number of aromatic nitrogens is 2. The molecule has 2 aromatic rings. The molecule has 1 fully saturated rings. The van der Waals surface area contributed by atoms with Gasteiger partial charge in [0.2, 0.25) is 5.82 Å². The van der Waals surface area contributed by atoms with Crippen molar-refractivity contribution in [2.24, 2.45) is 0 Å². The van der Waals surface area contributed by atoms with Crippen LogP contribution in [0.5, 0.6) is 5.75 Å². The van der Waals surface area contributed by atoms with Crippen molar-refractivity contribution in [3.8, 4) is 17.1 Å². The lowest BCUT2D eigenvalue weighted by Crippen LogP contribution is -1.95. The van der Waals surface area contributed by atoms with Crippen LogP contribution in [0.15, 0.2) is 22.7 Å². The zero-order chi connectivity index (χ0) is 12.7. The Bertz CT molecular complexity index is 602. The van der Waals surface area contributed by atoms with Crippen molar-refractivity contribution in [1.29, 1.82) is 0 Å². The Kier molecular flexibility index (Phi) is 2.51. The molecule has 2 aliphatic heterocycles. The first-order valence-corrected chi connectivity index (χ1v) is 6.61. The van der Waals surface area contributed by atoms with Crippen molar-refractivity contribution in [2.75, 3.05) is 13.2 Å². The largest absolute Gasteiger partial charge is 0.493 e. The van der Waals surface area contributed by atoms with Gasteiger partial charge in [-0.05, 0) is 36.6 Å². The molecule has 0 aliphatic carbocycles. The molecule has 3 heterocycles. The number of fused-ring (bicyclic) bond motifs is 1. The van der Waals surface area contributed by atoms with Gasteiger partial charge in [0, 0.05) is 18.6 Å². The van der Waals surface area contributed by atoms with E-state index in [1.165, 1.54) is 5.56 Å². The van der Waals surface area contributed by atoms with Crippen LogP contribution < -0.4 is 4.74 Å². The first-order valence-electron chi connectivity index (χ1n) is 6.61. The van der Waals surface area contributed by atoms with E-state index >= 15 is 0 Å². The number of nitrogens with zero attached hydrogens (tertiary/aromatic N) is 2. The molecule has 19 heavy (non-hydrogen) atoms. The van der Waals surface area contributed by atoms with Crippen molar-refractivity contribution in [3.05, 3.63) is 29.7 Å². The number of ether oxygens (including phenoxy) is 2. The Morgan fingerprint density at radius 2 is 2.21 bits per heavy atom. The maximum absolute atomic E-state index is 5.55. The van der Waals surface area contributed by atoms with Crippen LogP contribution in [0.3, 0.4) is 0 Å². The summed E-state index contributed by atoms with van der Waals surface area (Å²) in [5.41, 5.74) is 2.18.